The number of hydrogen-bond acceptors (Lipinski definition) is 4. The maximum Gasteiger partial charge on any atom is 0.411 e. The molecule has 0 heterocycles. The van der Waals surface area contributed by atoms with Gasteiger partial charge in [0.05, 0.1) is 26.5 Å². The van der Waals surface area contributed by atoms with Gasteiger partial charge in [-0.25, -0.2) is 9.79 Å². The third-order valence-corrected chi connectivity index (χ3v) is 3.19. The Morgan fingerprint density at radius 3 is 2.40 bits per heavy atom. The van der Waals surface area contributed by atoms with Crippen LogP contribution in [0.15, 0.2) is 53.5 Å². The minimum Gasteiger partial charge on any atom is -0.495 e. The number of anilines is 2. The third kappa shape index (κ3) is 6.49. The highest BCUT2D eigenvalue weighted by Gasteiger charge is 2.03. The molecule has 0 unspecified atom stereocenters. The van der Waals surface area contributed by atoms with E-state index in [4.69, 9.17) is 10.5 Å². The van der Waals surface area contributed by atoms with Crippen LogP contribution in [0, 0.1) is 0 Å². The van der Waals surface area contributed by atoms with Gasteiger partial charge in [0, 0.05) is 5.69 Å². The van der Waals surface area contributed by atoms with Crippen molar-refractivity contribution in [3.05, 3.63) is 54.1 Å². The van der Waals surface area contributed by atoms with Gasteiger partial charge in [-0.2, -0.15) is 0 Å². The smallest absolute Gasteiger partial charge is 0.411 e. The first-order valence-electron chi connectivity index (χ1n) is 7.26. The van der Waals surface area contributed by atoms with Gasteiger partial charge in [-0.1, -0.05) is 24.3 Å². The Hall–Kier alpha value is -2.49. The van der Waals surface area contributed by atoms with Crippen LogP contribution in [0.1, 0.15) is 5.56 Å². The number of halogens is 1. The average molecular weight is 456 g/mol. The second-order valence-electron chi connectivity index (χ2n) is 4.84. The fourth-order valence-electron chi connectivity index (χ4n) is 1.96. The predicted molar refractivity (Wildman–Crippen MR) is 110 cm³/mol. The molecule has 134 valence electrons. The monoisotopic (exact) mass is 456 g/mol. The van der Waals surface area contributed by atoms with Crippen LogP contribution in [0.5, 0.6) is 5.75 Å². The van der Waals surface area contributed by atoms with Gasteiger partial charge in [-0.3, -0.25) is 5.32 Å². The summed E-state index contributed by atoms with van der Waals surface area (Å²) in [5.41, 5.74) is 8.25. The number of guanidine groups is 1. The fourth-order valence-corrected chi connectivity index (χ4v) is 1.96. The summed E-state index contributed by atoms with van der Waals surface area (Å²) in [5, 5.41) is 5.59. The van der Waals surface area contributed by atoms with E-state index in [2.05, 4.69) is 20.4 Å². The summed E-state index contributed by atoms with van der Waals surface area (Å²) in [7, 11) is 2.91. The Balaban J connectivity index is 0.00000312. The second-order valence-corrected chi connectivity index (χ2v) is 4.84. The molecular weight excluding hydrogens is 435 g/mol. The summed E-state index contributed by atoms with van der Waals surface area (Å²) in [4.78, 5) is 15.4. The Morgan fingerprint density at radius 1 is 1.08 bits per heavy atom. The van der Waals surface area contributed by atoms with Crippen LogP contribution >= 0.6 is 24.0 Å². The lowest BCUT2D eigenvalue weighted by Gasteiger charge is -2.10. The molecule has 2 aromatic carbocycles. The standard InChI is InChI=1S/C17H20N4O3.HI/c1-23-15-6-4-3-5-14(15)21-16(18)19-11-12-7-9-13(10-8-12)20-17(22)24-2;/h3-10H,11H2,1-2H3,(H,20,22)(H3,18,19,21);1H. The first-order chi connectivity index (χ1) is 11.6. The molecule has 0 fully saturated rings. The maximum absolute atomic E-state index is 11.1. The molecule has 0 radical (unpaired) electrons. The van der Waals surface area contributed by atoms with Crippen LogP contribution in [-0.4, -0.2) is 26.3 Å². The first-order valence-corrected chi connectivity index (χ1v) is 7.26. The summed E-state index contributed by atoms with van der Waals surface area (Å²) in [6.07, 6.45) is -0.508. The van der Waals surface area contributed by atoms with Gasteiger partial charge in [0.25, 0.3) is 0 Å². The molecule has 0 bridgehead atoms. The number of para-hydroxylation sites is 2. The lowest BCUT2D eigenvalue weighted by molar-refractivity contribution is 0.187. The molecule has 0 saturated heterocycles. The number of carbonyl (C=O) groups excluding carboxylic acids is 1. The van der Waals surface area contributed by atoms with Gasteiger partial charge in [0.15, 0.2) is 5.96 Å². The van der Waals surface area contributed by atoms with Crippen LogP contribution < -0.4 is 21.1 Å². The van der Waals surface area contributed by atoms with Gasteiger partial charge in [-0.05, 0) is 29.8 Å². The van der Waals surface area contributed by atoms with Crippen LogP contribution in [-0.2, 0) is 11.3 Å². The lowest BCUT2D eigenvalue weighted by Crippen LogP contribution is -2.22. The highest BCUT2D eigenvalue weighted by Crippen LogP contribution is 2.22. The number of nitrogens with two attached hydrogens (primary N) is 1. The molecule has 1 amide bonds. The zero-order valence-electron chi connectivity index (χ0n) is 14.0. The second kappa shape index (κ2) is 10.4. The van der Waals surface area contributed by atoms with Crippen LogP contribution in [0.25, 0.3) is 0 Å². The average Bonchev–Trinajstić information content (AvgIpc) is 2.61. The van der Waals surface area contributed by atoms with Gasteiger partial charge in [0.2, 0.25) is 0 Å². The third-order valence-electron chi connectivity index (χ3n) is 3.19. The van der Waals surface area contributed by atoms with E-state index in [0.29, 0.717) is 18.0 Å². The molecule has 0 aliphatic rings. The van der Waals surface area contributed by atoms with Crippen molar-refractivity contribution >= 4 is 47.4 Å². The largest absolute Gasteiger partial charge is 0.495 e. The molecule has 2 aromatic rings. The van der Waals surface area contributed by atoms with Crippen LogP contribution in [0.3, 0.4) is 0 Å². The van der Waals surface area contributed by atoms with Crippen molar-refractivity contribution in [1.82, 2.24) is 0 Å². The van der Waals surface area contributed by atoms with E-state index in [-0.39, 0.29) is 29.9 Å². The minimum absolute atomic E-state index is 0. The molecule has 0 aromatic heterocycles. The highest BCUT2D eigenvalue weighted by atomic mass is 127. The number of benzene rings is 2. The molecule has 2 rings (SSSR count). The number of carbonyl (C=O) groups is 1. The molecular formula is C17H21IN4O3. The fraction of sp³-hybridized carbons (Fsp3) is 0.176. The van der Waals surface area contributed by atoms with E-state index >= 15 is 0 Å². The zero-order valence-corrected chi connectivity index (χ0v) is 16.3. The van der Waals surface area contributed by atoms with Gasteiger partial charge in [-0.15, -0.1) is 24.0 Å². The quantitative estimate of drug-likeness (QED) is 0.364. The number of aliphatic imine (C=N–C) groups is 1. The molecule has 0 saturated carbocycles. The van der Waals surface area contributed by atoms with Crippen molar-refractivity contribution in [2.75, 3.05) is 24.9 Å². The minimum atomic E-state index is -0.508. The molecule has 25 heavy (non-hydrogen) atoms. The van der Waals surface area contributed by atoms with Crippen molar-refractivity contribution in [3.63, 3.8) is 0 Å². The number of rotatable bonds is 5. The Kier molecular flexibility index (Phi) is 8.54. The van der Waals surface area contributed by atoms with Crippen molar-refractivity contribution in [3.8, 4) is 5.75 Å². The number of nitrogens with one attached hydrogen (secondary N) is 2. The van der Waals surface area contributed by atoms with Crippen molar-refractivity contribution in [1.29, 1.82) is 0 Å². The lowest BCUT2D eigenvalue weighted by atomic mass is 10.2. The summed E-state index contributed by atoms with van der Waals surface area (Å²) in [6, 6.07) is 14.7. The Labute approximate surface area is 163 Å². The summed E-state index contributed by atoms with van der Waals surface area (Å²) < 4.78 is 9.78. The molecule has 0 spiro atoms. The van der Waals surface area contributed by atoms with Crippen molar-refractivity contribution < 1.29 is 14.3 Å². The summed E-state index contributed by atoms with van der Waals surface area (Å²) in [5.74, 6) is 0.977. The number of hydrogen-bond donors (Lipinski definition) is 3. The zero-order chi connectivity index (χ0) is 17.4. The van der Waals surface area contributed by atoms with E-state index in [0.717, 1.165) is 11.3 Å². The molecule has 0 aliphatic carbocycles. The highest BCUT2D eigenvalue weighted by molar-refractivity contribution is 14.0. The topological polar surface area (TPSA) is 98.0 Å². The van der Waals surface area contributed by atoms with Gasteiger partial charge >= 0.3 is 6.09 Å². The maximum atomic E-state index is 11.1. The number of ether oxygens (including phenoxy) is 2. The van der Waals surface area contributed by atoms with E-state index < -0.39 is 6.09 Å². The number of amides is 1. The number of methoxy groups -OCH3 is 2. The Bertz CT molecular complexity index is 720. The number of nitrogens with zero attached hydrogens (tertiary/aromatic N) is 1. The van der Waals surface area contributed by atoms with Crippen LogP contribution in [0.2, 0.25) is 0 Å². The summed E-state index contributed by atoms with van der Waals surface area (Å²) >= 11 is 0. The van der Waals surface area contributed by atoms with E-state index in [1.54, 1.807) is 19.2 Å². The van der Waals surface area contributed by atoms with Crippen molar-refractivity contribution in [2.45, 2.75) is 6.54 Å². The predicted octanol–water partition coefficient (Wildman–Crippen LogP) is 3.42. The molecule has 8 heteroatoms. The Morgan fingerprint density at radius 2 is 1.76 bits per heavy atom. The molecule has 0 atom stereocenters. The van der Waals surface area contributed by atoms with Crippen LogP contribution in [0.4, 0.5) is 16.2 Å². The van der Waals surface area contributed by atoms with E-state index in [9.17, 15) is 4.79 Å². The molecule has 0 aliphatic heterocycles. The van der Waals surface area contributed by atoms with Gasteiger partial charge in [0.1, 0.15) is 5.75 Å². The molecule has 7 nitrogen and oxygen atoms in total. The van der Waals surface area contributed by atoms with E-state index in [1.807, 2.05) is 36.4 Å². The first kappa shape index (κ1) is 20.6. The van der Waals surface area contributed by atoms with Gasteiger partial charge < -0.3 is 20.5 Å². The van der Waals surface area contributed by atoms with E-state index in [1.165, 1.54) is 7.11 Å². The SMILES string of the molecule is COC(=O)Nc1ccc(CN=C(N)Nc2ccccc2OC)cc1.I. The molecule has 4 N–H and O–H groups in total. The van der Waals surface area contributed by atoms with Crippen molar-refractivity contribution in [2.24, 2.45) is 10.7 Å². The summed E-state index contributed by atoms with van der Waals surface area (Å²) in [6.45, 7) is 0.409. The normalized spacial score (nSPS) is 10.4.